The predicted molar refractivity (Wildman–Crippen MR) is 97.5 cm³/mol. The lowest BCUT2D eigenvalue weighted by Gasteiger charge is -2.32. The van der Waals surface area contributed by atoms with Crippen LogP contribution < -0.4 is 10.5 Å². The molecule has 1 saturated heterocycles. The van der Waals surface area contributed by atoms with Gasteiger partial charge in [-0.1, -0.05) is 0 Å². The third-order valence-electron chi connectivity index (χ3n) is 4.96. The van der Waals surface area contributed by atoms with E-state index in [4.69, 9.17) is 4.42 Å². The summed E-state index contributed by atoms with van der Waals surface area (Å²) in [6.45, 7) is 6.93. The van der Waals surface area contributed by atoms with E-state index in [0.717, 1.165) is 18.5 Å². The molecule has 1 unspecified atom stereocenters. The number of amides is 1. The second-order valence-electron chi connectivity index (χ2n) is 7.02. The van der Waals surface area contributed by atoms with Gasteiger partial charge in [-0.15, -0.1) is 0 Å². The average Bonchev–Trinajstić information content (AvgIpc) is 3.06. The van der Waals surface area contributed by atoms with Gasteiger partial charge in [-0.25, -0.2) is 9.67 Å². The number of aryl methyl sites for hydroxylation is 1. The standard InChI is InChI=1S/C18H25N5O3/c1-12(2)21(4)15-8-16(24)23(20-9-15)14-6-5-7-22(10-14)18(25)17-13(3)19-11-26-17/h8-9,11-12,14H,5-7,10H2,1-4H3. The van der Waals surface area contributed by atoms with Gasteiger partial charge in [-0.05, 0) is 33.6 Å². The van der Waals surface area contributed by atoms with Gasteiger partial charge in [0.2, 0.25) is 5.76 Å². The normalized spacial score (nSPS) is 17.6. The largest absolute Gasteiger partial charge is 0.438 e. The molecule has 140 valence electrons. The second kappa shape index (κ2) is 7.31. The molecule has 2 aromatic rings. The van der Waals surface area contributed by atoms with E-state index in [2.05, 4.69) is 23.9 Å². The second-order valence-corrected chi connectivity index (χ2v) is 7.02. The number of carbonyl (C=O) groups is 1. The molecule has 0 radical (unpaired) electrons. The molecule has 3 rings (SSSR count). The Morgan fingerprint density at radius 3 is 2.81 bits per heavy atom. The molecule has 8 heteroatoms. The van der Waals surface area contributed by atoms with Crippen LogP contribution >= 0.6 is 0 Å². The number of rotatable bonds is 4. The molecule has 1 amide bonds. The van der Waals surface area contributed by atoms with E-state index in [-0.39, 0.29) is 29.3 Å². The molecule has 0 saturated carbocycles. The molecule has 0 N–H and O–H groups in total. The summed E-state index contributed by atoms with van der Waals surface area (Å²) in [5.41, 5.74) is 1.22. The van der Waals surface area contributed by atoms with E-state index < -0.39 is 0 Å². The minimum Gasteiger partial charge on any atom is -0.438 e. The van der Waals surface area contributed by atoms with Crippen molar-refractivity contribution in [2.75, 3.05) is 25.0 Å². The van der Waals surface area contributed by atoms with Crippen molar-refractivity contribution in [2.45, 2.75) is 45.7 Å². The minimum absolute atomic E-state index is 0.137. The highest BCUT2D eigenvalue weighted by atomic mass is 16.3. The van der Waals surface area contributed by atoms with Crippen LogP contribution in [0, 0.1) is 6.92 Å². The SMILES string of the molecule is Cc1ncoc1C(=O)N1CCCC(n2ncc(N(C)C(C)C)cc2=O)C1. The van der Waals surface area contributed by atoms with Crippen molar-refractivity contribution in [3.8, 4) is 0 Å². The van der Waals surface area contributed by atoms with Crippen molar-refractivity contribution in [2.24, 2.45) is 0 Å². The first-order chi connectivity index (χ1) is 12.4. The molecular weight excluding hydrogens is 334 g/mol. The smallest absolute Gasteiger partial charge is 0.291 e. The van der Waals surface area contributed by atoms with Crippen molar-refractivity contribution >= 4 is 11.6 Å². The van der Waals surface area contributed by atoms with E-state index in [1.165, 1.54) is 11.1 Å². The summed E-state index contributed by atoms with van der Waals surface area (Å²) in [6.07, 6.45) is 4.61. The lowest BCUT2D eigenvalue weighted by molar-refractivity contribution is 0.0637. The number of aromatic nitrogens is 3. The average molecular weight is 359 g/mol. The summed E-state index contributed by atoms with van der Waals surface area (Å²) in [5.74, 6) is 0.0776. The molecule has 0 spiro atoms. The lowest BCUT2D eigenvalue weighted by atomic mass is 10.1. The molecule has 2 aromatic heterocycles. The topological polar surface area (TPSA) is 84.5 Å². The van der Waals surface area contributed by atoms with Gasteiger partial charge in [-0.2, -0.15) is 5.10 Å². The van der Waals surface area contributed by atoms with E-state index in [1.54, 1.807) is 24.1 Å². The van der Waals surface area contributed by atoms with Crippen LogP contribution in [-0.2, 0) is 0 Å². The van der Waals surface area contributed by atoms with E-state index in [9.17, 15) is 9.59 Å². The highest BCUT2D eigenvalue weighted by Crippen LogP contribution is 2.22. The number of oxazole rings is 1. The Morgan fingerprint density at radius 2 is 2.19 bits per heavy atom. The van der Waals surface area contributed by atoms with E-state index in [0.29, 0.717) is 18.8 Å². The number of nitrogens with zero attached hydrogens (tertiary/aromatic N) is 5. The van der Waals surface area contributed by atoms with Crippen LogP contribution in [0.3, 0.4) is 0 Å². The van der Waals surface area contributed by atoms with Gasteiger partial charge in [0.05, 0.1) is 23.6 Å². The van der Waals surface area contributed by atoms with E-state index >= 15 is 0 Å². The molecule has 8 nitrogen and oxygen atoms in total. The van der Waals surface area contributed by atoms with Crippen LogP contribution in [0.2, 0.25) is 0 Å². The van der Waals surface area contributed by atoms with Crippen molar-refractivity contribution in [1.82, 2.24) is 19.7 Å². The summed E-state index contributed by atoms with van der Waals surface area (Å²) in [5, 5.41) is 4.37. The van der Waals surface area contributed by atoms with Gasteiger partial charge in [0.15, 0.2) is 6.39 Å². The zero-order valence-electron chi connectivity index (χ0n) is 15.7. The molecule has 26 heavy (non-hydrogen) atoms. The van der Waals surface area contributed by atoms with Crippen molar-refractivity contribution in [1.29, 1.82) is 0 Å². The molecule has 0 aromatic carbocycles. The van der Waals surface area contributed by atoms with Gasteiger partial charge < -0.3 is 14.2 Å². The first-order valence-electron chi connectivity index (χ1n) is 8.89. The van der Waals surface area contributed by atoms with Gasteiger partial charge >= 0.3 is 0 Å². The number of hydrogen-bond acceptors (Lipinski definition) is 6. The van der Waals surface area contributed by atoms with Gasteiger partial charge in [0.1, 0.15) is 0 Å². The van der Waals surface area contributed by atoms with Crippen LogP contribution in [0.15, 0.2) is 27.9 Å². The van der Waals surface area contributed by atoms with Crippen molar-refractivity contribution in [3.05, 3.63) is 40.5 Å². The van der Waals surface area contributed by atoms with Crippen molar-refractivity contribution < 1.29 is 9.21 Å². The highest BCUT2D eigenvalue weighted by molar-refractivity contribution is 5.92. The summed E-state index contributed by atoms with van der Waals surface area (Å²) in [6, 6.07) is 1.75. The summed E-state index contributed by atoms with van der Waals surface area (Å²) < 4.78 is 6.71. The Hall–Kier alpha value is -2.64. The zero-order chi connectivity index (χ0) is 18.8. The fourth-order valence-electron chi connectivity index (χ4n) is 3.16. The third kappa shape index (κ3) is 3.49. The molecule has 1 aliphatic heterocycles. The monoisotopic (exact) mass is 359 g/mol. The predicted octanol–water partition coefficient (Wildman–Crippen LogP) is 1.86. The Balaban J connectivity index is 1.79. The zero-order valence-corrected chi connectivity index (χ0v) is 15.7. The lowest BCUT2D eigenvalue weighted by Crippen LogP contribution is -2.43. The maximum atomic E-state index is 12.6. The summed E-state index contributed by atoms with van der Waals surface area (Å²) in [4.78, 5) is 32.9. The van der Waals surface area contributed by atoms with Gasteiger partial charge in [-0.3, -0.25) is 9.59 Å². The first-order valence-corrected chi connectivity index (χ1v) is 8.89. The van der Waals surface area contributed by atoms with E-state index in [1.807, 2.05) is 11.9 Å². The van der Waals surface area contributed by atoms with Crippen molar-refractivity contribution in [3.63, 3.8) is 0 Å². The third-order valence-corrected chi connectivity index (χ3v) is 4.96. The van der Waals surface area contributed by atoms with Crippen LogP contribution in [0.1, 0.15) is 49.0 Å². The Bertz CT molecular complexity index is 841. The van der Waals surface area contributed by atoms with Gasteiger partial charge in [0, 0.05) is 32.2 Å². The maximum absolute atomic E-state index is 12.6. The number of carbonyl (C=O) groups excluding carboxylic acids is 1. The molecule has 0 bridgehead atoms. The molecule has 3 heterocycles. The Kier molecular flexibility index (Phi) is 5.11. The fraction of sp³-hybridized carbons (Fsp3) is 0.556. The molecule has 1 aliphatic rings. The Labute approximate surface area is 152 Å². The number of likely N-dealkylation sites (tertiary alicyclic amines) is 1. The molecular formula is C18H25N5O3. The van der Waals surface area contributed by atoms with Gasteiger partial charge in [0.25, 0.3) is 11.5 Å². The molecule has 1 fully saturated rings. The van der Waals surface area contributed by atoms with Crippen LogP contribution in [-0.4, -0.2) is 51.8 Å². The quantitative estimate of drug-likeness (QED) is 0.828. The highest BCUT2D eigenvalue weighted by Gasteiger charge is 2.29. The summed E-state index contributed by atoms with van der Waals surface area (Å²) >= 11 is 0. The molecule has 0 aliphatic carbocycles. The number of hydrogen-bond donors (Lipinski definition) is 0. The fourth-order valence-corrected chi connectivity index (χ4v) is 3.16. The number of anilines is 1. The van der Waals surface area contributed by atoms with Crippen LogP contribution in [0.4, 0.5) is 5.69 Å². The van der Waals surface area contributed by atoms with Crippen LogP contribution in [0.5, 0.6) is 0 Å². The molecule has 1 atom stereocenters. The Morgan fingerprint density at radius 1 is 1.42 bits per heavy atom. The van der Waals surface area contributed by atoms with Crippen LogP contribution in [0.25, 0.3) is 0 Å². The maximum Gasteiger partial charge on any atom is 0.291 e. The summed E-state index contributed by atoms with van der Waals surface area (Å²) in [7, 11) is 1.94. The first kappa shape index (κ1) is 18.2. The number of piperidine rings is 1. The minimum atomic E-state index is -0.186.